The third-order valence-corrected chi connectivity index (χ3v) is 3.21. The molecule has 2 rings (SSSR count). The molecule has 0 atom stereocenters. The summed E-state index contributed by atoms with van der Waals surface area (Å²) in [5.74, 6) is -0.392. The molecule has 1 heterocycles. The minimum absolute atomic E-state index is 0.261. The number of carbonyl (C=O) groups excluding carboxylic acids is 1. The quantitative estimate of drug-likeness (QED) is 0.922. The van der Waals surface area contributed by atoms with Crippen LogP contribution in [0.25, 0.3) is 0 Å². The highest BCUT2D eigenvalue weighted by Crippen LogP contribution is 2.17. The second-order valence-corrected chi connectivity index (χ2v) is 4.64. The van der Waals surface area contributed by atoms with Crippen LogP contribution in [0.15, 0.2) is 41.0 Å². The highest BCUT2D eigenvalue weighted by molar-refractivity contribution is 9.10. The first kappa shape index (κ1) is 12.7. The van der Waals surface area contributed by atoms with Gasteiger partial charge < -0.3 is 5.32 Å². The predicted molar refractivity (Wildman–Crippen MR) is 71.0 cm³/mol. The Morgan fingerprint density at radius 1 is 1.39 bits per heavy atom. The average Bonchev–Trinajstić information content (AvgIpc) is 2.34. The molecule has 5 heteroatoms. The number of carbonyl (C=O) groups is 1. The summed E-state index contributed by atoms with van der Waals surface area (Å²) < 4.78 is 13.8. The number of anilines is 1. The molecule has 1 aromatic heterocycles. The van der Waals surface area contributed by atoms with Gasteiger partial charge in [-0.15, -0.1) is 0 Å². The van der Waals surface area contributed by atoms with Gasteiger partial charge in [-0.3, -0.25) is 4.79 Å². The van der Waals surface area contributed by atoms with E-state index >= 15 is 0 Å². The van der Waals surface area contributed by atoms with Crippen molar-refractivity contribution in [3.05, 3.63) is 57.9 Å². The summed E-state index contributed by atoms with van der Waals surface area (Å²) in [5, 5.41) is 2.62. The van der Waals surface area contributed by atoms with Crippen LogP contribution in [-0.4, -0.2) is 10.9 Å². The van der Waals surface area contributed by atoms with Crippen molar-refractivity contribution < 1.29 is 9.18 Å². The first-order chi connectivity index (χ1) is 8.56. The monoisotopic (exact) mass is 308 g/mol. The first-order valence-electron chi connectivity index (χ1n) is 5.25. The smallest absolute Gasteiger partial charge is 0.256 e. The number of nitrogens with zero attached hydrogens (tertiary/aromatic N) is 1. The zero-order valence-electron chi connectivity index (χ0n) is 9.58. The molecule has 0 fully saturated rings. The van der Waals surface area contributed by atoms with Gasteiger partial charge in [0.05, 0.1) is 0 Å². The Bertz CT molecular complexity index is 601. The molecule has 0 unspecified atom stereocenters. The van der Waals surface area contributed by atoms with Crippen molar-refractivity contribution in [3.63, 3.8) is 0 Å². The molecule has 92 valence electrons. The molecular formula is C13H10BrFN2O. The Balaban J connectivity index is 2.18. The summed E-state index contributed by atoms with van der Waals surface area (Å²) in [7, 11) is 0. The van der Waals surface area contributed by atoms with Gasteiger partial charge >= 0.3 is 0 Å². The van der Waals surface area contributed by atoms with Gasteiger partial charge in [0.1, 0.15) is 11.6 Å². The van der Waals surface area contributed by atoms with Gasteiger partial charge in [-0.25, -0.2) is 9.37 Å². The van der Waals surface area contributed by atoms with Crippen LogP contribution in [0.4, 0.5) is 10.2 Å². The van der Waals surface area contributed by atoms with E-state index in [0.29, 0.717) is 5.82 Å². The number of benzene rings is 1. The summed E-state index contributed by atoms with van der Waals surface area (Å²) in [6, 6.07) is 7.25. The molecule has 2 aromatic rings. The number of aryl methyl sites for hydroxylation is 1. The minimum atomic E-state index is -0.442. The van der Waals surface area contributed by atoms with Crippen molar-refractivity contribution in [1.82, 2.24) is 4.98 Å². The minimum Gasteiger partial charge on any atom is -0.307 e. The van der Waals surface area contributed by atoms with Gasteiger partial charge in [-0.1, -0.05) is 6.07 Å². The van der Waals surface area contributed by atoms with E-state index in [1.807, 2.05) is 6.92 Å². The highest BCUT2D eigenvalue weighted by Gasteiger charge is 2.08. The number of halogens is 2. The van der Waals surface area contributed by atoms with Crippen molar-refractivity contribution in [2.24, 2.45) is 0 Å². The number of aromatic nitrogens is 1. The highest BCUT2D eigenvalue weighted by atomic mass is 79.9. The third kappa shape index (κ3) is 2.92. The predicted octanol–water partition coefficient (Wildman–Crippen LogP) is 3.54. The lowest BCUT2D eigenvalue weighted by atomic mass is 10.2. The van der Waals surface area contributed by atoms with Crippen LogP contribution < -0.4 is 5.32 Å². The Morgan fingerprint density at radius 2 is 2.17 bits per heavy atom. The summed E-state index contributed by atoms with van der Waals surface area (Å²) in [6.45, 7) is 1.89. The van der Waals surface area contributed by atoms with Crippen molar-refractivity contribution in [2.75, 3.05) is 5.32 Å². The molecular weight excluding hydrogens is 299 g/mol. The van der Waals surface area contributed by atoms with E-state index in [4.69, 9.17) is 0 Å². The maximum Gasteiger partial charge on any atom is 0.256 e. The average molecular weight is 309 g/mol. The fourth-order valence-corrected chi connectivity index (χ4v) is 1.64. The summed E-state index contributed by atoms with van der Waals surface area (Å²) in [6.07, 6.45) is 1.61. The maximum absolute atomic E-state index is 13.0. The molecule has 0 aliphatic heterocycles. The van der Waals surface area contributed by atoms with E-state index in [1.54, 1.807) is 18.3 Å². The molecule has 0 spiro atoms. The summed E-state index contributed by atoms with van der Waals surface area (Å²) in [4.78, 5) is 15.9. The van der Waals surface area contributed by atoms with Crippen molar-refractivity contribution in [1.29, 1.82) is 0 Å². The molecule has 0 radical (unpaired) electrons. The molecule has 3 nitrogen and oxygen atoms in total. The Labute approximate surface area is 112 Å². The fourth-order valence-electron chi connectivity index (χ4n) is 1.43. The van der Waals surface area contributed by atoms with Crippen LogP contribution in [0.1, 0.15) is 15.9 Å². The van der Waals surface area contributed by atoms with Gasteiger partial charge in [-0.2, -0.15) is 0 Å². The second kappa shape index (κ2) is 5.27. The van der Waals surface area contributed by atoms with Crippen LogP contribution in [-0.2, 0) is 0 Å². The number of pyridine rings is 1. The van der Waals surface area contributed by atoms with Crippen molar-refractivity contribution >= 4 is 27.7 Å². The van der Waals surface area contributed by atoms with Gasteiger partial charge in [0.2, 0.25) is 0 Å². The summed E-state index contributed by atoms with van der Waals surface area (Å²) >= 11 is 3.33. The number of rotatable bonds is 2. The zero-order chi connectivity index (χ0) is 13.1. The maximum atomic E-state index is 13.0. The Morgan fingerprint density at radius 3 is 2.83 bits per heavy atom. The van der Waals surface area contributed by atoms with E-state index in [9.17, 15) is 9.18 Å². The normalized spacial score (nSPS) is 10.2. The van der Waals surface area contributed by atoms with E-state index in [-0.39, 0.29) is 11.5 Å². The lowest BCUT2D eigenvalue weighted by Crippen LogP contribution is -2.13. The molecule has 0 saturated heterocycles. The standard InChI is InChI=1S/C13H10BrFN2O/c1-8-5-12(16-7-11(8)14)17-13(18)9-3-2-4-10(15)6-9/h2-7H,1H3,(H,16,17,18). The molecule has 1 N–H and O–H groups in total. The lowest BCUT2D eigenvalue weighted by Gasteiger charge is -2.06. The zero-order valence-corrected chi connectivity index (χ0v) is 11.2. The Hall–Kier alpha value is -1.75. The van der Waals surface area contributed by atoms with Crippen LogP contribution >= 0.6 is 15.9 Å². The van der Waals surface area contributed by atoms with Gasteiger partial charge in [0.15, 0.2) is 0 Å². The number of hydrogen-bond acceptors (Lipinski definition) is 2. The van der Waals surface area contributed by atoms with Crippen LogP contribution in [0.5, 0.6) is 0 Å². The van der Waals surface area contributed by atoms with Crippen molar-refractivity contribution in [3.8, 4) is 0 Å². The van der Waals surface area contributed by atoms with Crippen molar-refractivity contribution in [2.45, 2.75) is 6.92 Å². The van der Waals surface area contributed by atoms with E-state index in [0.717, 1.165) is 10.0 Å². The molecule has 0 saturated carbocycles. The molecule has 18 heavy (non-hydrogen) atoms. The molecule has 1 amide bonds. The SMILES string of the molecule is Cc1cc(NC(=O)c2cccc(F)c2)ncc1Br. The number of hydrogen-bond donors (Lipinski definition) is 1. The summed E-state index contributed by atoms with van der Waals surface area (Å²) in [5.41, 5.74) is 1.22. The van der Waals surface area contributed by atoms with Crippen LogP contribution in [0.3, 0.4) is 0 Å². The molecule has 1 aromatic carbocycles. The molecule has 0 bridgehead atoms. The Kier molecular flexibility index (Phi) is 3.72. The third-order valence-electron chi connectivity index (χ3n) is 2.38. The fraction of sp³-hybridized carbons (Fsp3) is 0.0769. The van der Waals surface area contributed by atoms with E-state index < -0.39 is 5.82 Å². The largest absolute Gasteiger partial charge is 0.307 e. The van der Waals surface area contributed by atoms with E-state index in [2.05, 4.69) is 26.2 Å². The van der Waals surface area contributed by atoms with Gasteiger partial charge in [0, 0.05) is 16.2 Å². The van der Waals surface area contributed by atoms with Gasteiger partial charge in [-0.05, 0) is 52.7 Å². The second-order valence-electron chi connectivity index (χ2n) is 3.78. The van der Waals surface area contributed by atoms with Crippen LogP contribution in [0, 0.1) is 12.7 Å². The number of nitrogens with one attached hydrogen (secondary N) is 1. The topological polar surface area (TPSA) is 42.0 Å². The molecule has 0 aliphatic carbocycles. The van der Waals surface area contributed by atoms with Crippen LogP contribution in [0.2, 0.25) is 0 Å². The lowest BCUT2D eigenvalue weighted by molar-refractivity contribution is 0.102. The number of amides is 1. The first-order valence-corrected chi connectivity index (χ1v) is 6.04. The van der Waals surface area contributed by atoms with Gasteiger partial charge in [0.25, 0.3) is 5.91 Å². The van der Waals surface area contributed by atoms with E-state index in [1.165, 1.54) is 18.2 Å². The molecule has 0 aliphatic rings.